The third kappa shape index (κ3) is 34.7. The SMILES string of the molecule is C.C.CC(C)(C)OO.CN=C=S.CO.COP(=O)(OC)C(C)(N)c1ccccc1.COP1(=O)N(C)C(=S)NC1(C)c1ccccc1.COP1(=O)N(C)C(N)=NC1(C)c1ccccc1.ClCCl.N.[Cl-].[Cl-].[Cl-].[Cl-].[Cl-].[Cl-].[Cl-].[Cl-].[Cl-].[Cl-].[Cl-].[Cl-]. The summed E-state index contributed by atoms with van der Waals surface area (Å²) in [6.07, 6.45) is 0. The molecule has 3 aromatic rings. The minimum absolute atomic E-state index is 0. The van der Waals surface area contributed by atoms with Crippen molar-refractivity contribution in [3.05, 3.63) is 108 Å². The molecule has 0 bridgehead atoms. The lowest BCUT2D eigenvalue weighted by molar-refractivity contribution is -0.306. The van der Waals surface area contributed by atoms with Crippen molar-refractivity contribution < 1.29 is 196 Å². The molecule has 482 valence electrons. The highest BCUT2D eigenvalue weighted by molar-refractivity contribution is 7.81. The van der Waals surface area contributed by atoms with Gasteiger partial charge in [0.05, 0.1) is 16.1 Å². The molecule has 5 unspecified atom stereocenters. The van der Waals surface area contributed by atoms with Gasteiger partial charge in [0.1, 0.15) is 5.28 Å². The molecule has 3 aromatic carbocycles. The van der Waals surface area contributed by atoms with Gasteiger partial charge in [-0.2, -0.15) is 0 Å². The molecule has 2 heterocycles. The van der Waals surface area contributed by atoms with Crippen LogP contribution in [0.15, 0.2) is 101 Å². The summed E-state index contributed by atoms with van der Waals surface area (Å²) in [6.45, 7) is 10.6. The number of aliphatic hydroxyl groups excluding tert-OH is 1. The lowest BCUT2D eigenvalue weighted by atomic mass is 10.1. The van der Waals surface area contributed by atoms with Crippen LogP contribution in [0, 0.1) is 0 Å². The highest BCUT2D eigenvalue weighted by atomic mass is 35.5. The van der Waals surface area contributed by atoms with Gasteiger partial charge in [0.25, 0.3) is 0 Å². The summed E-state index contributed by atoms with van der Waals surface area (Å²) in [5.41, 5.74) is 13.8. The second-order valence-electron chi connectivity index (χ2n) is 14.2. The molecule has 0 saturated carbocycles. The molecule has 37 heteroatoms. The summed E-state index contributed by atoms with van der Waals surface area (Å²) in [7, 11) is 1.93. The first-order valence-corrected chi connectivity index (χ1v) is 25.4. The number of hydrogen-bond donors (Lipinski definition) is 6. The molecule has 0 amide bonds. The fraction of sp³-hybridized carbons (Fsp3) is 0.500. The van der Waals surface area contributed by atoms with Crippen LogP contribution in [0.3, 0.4) is 0 Å². The molecule has 0 radical (unpaired) electrons. The number of nitrogens with two attached hydrogens (primary N) is 2. The molecule has 5 rings (SSSR count). The summed E-state index contributed by atoms with van der Waals surface area (Å²) in [4.78, 5) is 11.6. The molecule has 1 saturated heterocycles. The van der Waals surface area contributed by atoms with Gasteiger partial charge in [-0.3, -0.25) is 28.3 Å². The number of thiocarbonyl (C=S) groups is 2. The topological polar surface area (TPSA) is 268 Å². The minimum atomic E-state index is -3.33. The number of isothiocyanates is 1. The van der Waals surface area contributed by atoms with Gasteiger partial charge in [-0.1, -0.05) is 106 Å². The number of halogens is 14. The first-order chi connectivity index (χ1) is 29.8. The predicted molar refractivity (Wildman–Crippen MR) is 287 cm³/mol. The second-order valence-corrected chi connectivity index (χ2v) is 24.0. The molecule has 0 aliphatic carbocycles. The summed E-state index contributed by atoms with van der Waals surface area (Å²) in [5, 5.41) is 17.9. The van der Waals surface area contributed by atoms with Crippen molar-refractivity contribution in [3.63, 3.8) is 0 Å². The summed E-state index contributed by atoms with van der Waals surface area (Å²) in [6, 6.07) is 28.1. The van der Waals surface area contributed by atoms with E-state index in [1.807, 2.05) is 85.8 Å². The van der Waals surface area contributed by atoms with E-state index in [0.29, 0.717) is 5.11 Å². The lowest BCUT2D eigenvalue weighted by Gasteiger charge is -2.31. The van der Waals surface area contributed by atoms with Gasteiger partial charge in [0, 0.05) is 56.7 Å². The number of nitrogens with one attached hydrogen (secondary N) is 1. The Balaban J connectivity index is -0.0000000398. The maximum absolute atomic E-state index is 12.9. The van der Waals surface area contributed by atoms with Crippen molar-refractivity contribution in [2.24, 2.45) is 21.5 Å². The van der Waals surface area contributed by atoms with Crippen molar-refractivity contribution >= 4 is 86.5 Å². The number of benzene rings is 3. The summed E-state index contributed by atoms with van der Waals surface area (Å²) < 4.78 is 61.3. The number of aliphatic imine (C=N–C) groups is 2. The average Bonchev–Trinajstić information content (AvgIpc) is 3.61. The van der Waals surface area contributed by atoms with Gasteiger partial charge in [-0.05, 0) is 82.7 Å². The quantitative estimate of drug-likeness (QED) is 0.0306. The van der Waals surface area contributed by atoms with Crippen molar-refractivity contribution in [2.75, 3.05) is 62.0 Å². The Morgan fingerprint density at radius 3 is 1.28 bits per heavy atom. The van der Waals surface area contributed by atoms with Crippen molar-refractivity contribution in [1.29, 1.82) is 0 Å². The van der Waals surface area contributed by atoms with Crippen LogP contribution in [0.4, 0.5) is 0 Å². The fourth-order valence-electron chi connectivity index (χ4n) is 5.54. The Bertz CT molecular complexity index is 2100. The number of hydrogen-bond acceptors (Lipinski definition) is 17. The van der Waals surface area contributed by atoms with E-state index in [9.17, 15) is 13.7 Å². The van der Waals surface area contributed by atoms with Crippen molar-refractivity contribution in [3.8, 4) is 0 Å². The van der Waals surface area contributed by atoms with Crippen LogP contribution in [0.5, 0.6) is 0 Å². The Morgan fingerprint density at radius 1 is 0.722 bits per heavy atom. The maximum Gasteiger partial charge on any atom is 0.354 e. The van der Waals surface area contributed by atoms with E-state index in [-0.39, 0.29) is 181 Å². The van der Waals surface area contributed by atoms with Crippen LogP contribution in [0.25, 0.3) is 0 Å². The van der Waals surface area contributed by atoms with E-state index in [1.165, 1.54) is 37.8 Å². The number of aliphatic hydroxyl groups is 1. The fourth-order valence-corrected chi connectivity index (χ4v) is 11.9. The predicted octanol–water partition coefficient (Wildman–Crippen LogP) is -24.7. The van der Waals surface area contributed by atoms with Gasteiger partial charge < -0.3 is 195 Å². The monoisotopic (exact) mass is 1500 g/mol. The standard InChI is InChI=1S/C11H16N3O2P.C11H15N2O2PS.C10H16NO3P.C4H10O2.C2H3NS.CH2Cl2.CH4O.2CH4.12ClH.H3N/c1-11(9-7-5-4-6-8-9)13-10(12)14(2)17(11,15)16-3;1-11(9-7-5-4-6-8-9)12-10(17)13(2)16(11,14)15-3;1-10(11,15(12,13-2)14-3)9-7-5-4-6-8-9;1-4(2,3)6-5;1-3-2-4;2-1-3;1-2;;;;;;;;;;;;;;;/h4-8H,1-3H3,(H2,12,13);4-8H,1-3H3,(H,12,17);4-8H,11H2,1-3H3;5H,1-3H3;1H3;1H2;2H,1H3;2*1H4;12*1H;1H3/p-12. The Morgan fingerprint density at radius 2 is 1.01 bits per heavy atom. The minimum Gasteiger partial charge on any atom is -1.00 e. The normalized spacial score (nSPS) is 18.5. The van der Waals surface area contributed by atoms with Gasteiger partial charge in [-0.15, -0.1) is 23.2 Å². The smallest absolute Gasteiger partial charge is 0.354 e. The third-order valence-electron chi connectivity index (χ3n) is 9.14. The molecule has 18 nitrogen and oxygen atoms in total. The van der Waals surface area contributed by atoms with E-state index < -0.39 is 44.1 Å². The molecular formula is C42H77Cl14N8O10P3S2-12. The first kappa shape index (κ1) is 126. The molecule has 1 fully saturated rings. The van der Waals surface area contributed by atoms with E-state index in [2.05, 4.69) is 37.6 Å². The second kappa shape index (κ2) is 60.5. The number of alkyl halides is 2. The molecule has 2 aliphatic rings. The third-order valence-corrected chi connectivity index (χ3v) is 18.1. The van der Waals surface area contributed by atoms with Crippen LogP contribution < -0.4 is 172 Å². The van der Waals surface area contributed by atoms with Crippen LogP contribution in [0.2, 0.25) is 0 Å². The molecule has 5 atom stereocenters. The highest BCUT2D eigenvalue weighted by Gasteiger charge is 2.57. The lowest BCUT2D eigenvalue weighted by Crippen LogP contribution is -3.00. The molecule has 0 aromatic heterocycles. The van der Waals surface area contributed by atoms with Crippen LogP contribution in [-0.4, -0.2) is 104 Å². The van der Waals surface area contributed by atoms with E-state index >= 15 is 0 Å². The zero-order valence-corrected chi connectivity index (χ0v) is 59.0. The van der Waals surface area contributed by atoms with Gasteiger partial charge in [0.2, 0.25) is 0 Å². The molecule has 2 aliphatic heterocycles. The Labute approximate surface area is 567 Å². The molecule has 0 spiro atoms. The molecule has 79 heavy (non-hydrogen) atoms. The van der Waals surface area contributed by atoms with Crippen molar-refractivity contribution in [1.82, 2.24) is 20.8 Å². The van der Waals surface area contributed by atoms with E-state index in [0.717, 1.165) is 23.8 Å². The average molecular weight is 1510 g/mol. The van der Waals surface area contributed by atoms with Gasteiger partial charge in [-0.25, -0.2) is 14.9 Å². The zero-order valence-electron chi connectivity index (χ0n) is 44.1. The highest BCUT2D eigenvalue weighted by Crippen LogP contribution is 2.69. The zero-order chi connectivity index (χ0) is 50.2. The largest absolute Gasteiger partial charge is 1.00 e. The number of nitrogens with zero attached hydrogens (tertiary/aromatic N) is 4. The molecule has 10 N–H and O–H groups in total. The Kier molecular flexibility index (Phi) is 96.2. The molecular weight excluding hydrogens is 1430 g/mol. The first-order valence-electron chi connectivity index (χ1n) is 18.8. The Hall–Kier alpha value is 0.810. The van der Waals surface area contributed by atoms with E-state index in [4.69, 9.17) is 75.3 Å². The number of guanidine groups is 1. The summed E-state index contributed by atoms with van der Waals surface area (Å²) in [5.74, 6) is 0.238. The summed E-state index contributed by atoms with van der Waals surface area (Å²) >= 11 is 18.8. The van der Waals surface area contributed by atoms with Crippen LogP contribution in [0.1, 0.15) is 73.1 Å². The van der Waals surface area contributed by atoms with Gasteiger partial charge in [0.15, 0.2) is 21.6 Å². The maximum atomic E-state index is 12.9. The van der Waals surface area contributed by atoms with Crippen LogP contribution >= 0.6 is 70.3 Å². The van der Waals surface area contributed by atoms with Crippen molar-refractivity contribution in [2.45, 2.75) is 77.8 Å². The van der Waals surface area contributed by atoms with Gasteiger partial charge >= 0.3 is 22.6 Å². The van der Waals surface area contributed by atoms with E-state index in [1.54, 1.807) is 67.9 Å². The van der Waals surface area contributed by atoms with Crippen LogP contribution in [-0.2, 0) is 52.5 Å². The number of rotatable bonds is 8.